The molecule has 0 bridgehead atoms. The fourth-order valence-corrected chi connectivity index (χ4v) is 3.90. The molecule has 8 N–H and O–H groups in total. The van der Waals surface area contributed by atoms with Crippen molar-refractivity contribution < 1.29 is 9.59 Å². The van der Waals surface area contributed by atoms with Crippen LogP contribution in [-0.2, 0) is 4.79 Å². The summed E-state index contributed by atoms with van der Waals surface area (Å²) >= 11 is 0. The van der Waals surface area contributed by atoms with Gasteiger partial charge in [-0.2, -0.15) is 0 Å². The van der Waals surface area contributed by atoms with Gasteiger partial charge < -0.3 is 32.7 Å². The Morgan fingerprint density at radius 3 is 1.89 bits per heavy atom. The number of unbranched alkanes of at least 4 members (excludes halogenated alkanes) is 2. The van der Waals surface area contributed by atoms with Crippen LogP contribution in [0.2, 0.25) is 0 Å². The predicted molar refractivity (Wildman–Crippen MR) is 152 cm³/mol. The largest absolute Gasteiger partial charge is 0.355 e. The maximum absolute atomic E-state index is 12.4. The van der Waals surface area contributed by atoms with E-state index in [1.54, 1.807) is 0 Å². The van der Waals surface area contributed by atoms with Gasteiger partial charge in [-0.05, 0) is 101 Å². The van der Waals surface area contributed by atoms with E-state index in [1.165, 1.54) is 0 Å². The van der Waals surface area contributed by atoms with Gasteiger partial charge in [0.2, 0.25) is 5.91 Å². The Hall–Kier alpha value is -2.78. The molecule has 0 aliphatic carbocycles. The fraction of sp³-hybridized carbons (Fsp3) is 0.517. The average Bonchev–Trinajstić information content (AvgIpc) is 2.93. The number of hydrogen-bond donors (Lipinski definition) is 6. The topological polar surface area (TPSA) is 134 Å². The molecule has 0 aliphatic rings. The van der Waals surface area contributed by atoms with E-state index in [2.05, 4.69) is 21.3 Å². The van der Waals surface area contributed by atoms with Crippen molar-refractivity contribution in [3.8, 4) is 11.1 Å². The molecule has 0 saturated heterocycles. The van der Waals surface area contributed by atoms with Crippen molar-refractivity contribution in [2.45, 2.75) is 51.0 Å². The molecule has 0 heterocycles. The fourth-order valence-electron chi connectivity index (χ4n) is 3.90. The molecule has 0 fully saturated rings. The van der Waals surface area contributed by atoms with Gasteiger partial charge in [0.1, 0.15) is 0 Å². The molecule has 0 unspecified atom stereocenters. The number of benzene rings is 2. The highest BCUT2D eigenvalue weighted by atomic mass is 16.2. The van der Waals surface area contributed by atoms with Crippen molar-refractivity contribution in [1.82, 2.24) is 21.3 Å². The Kier molecular flexibility index (Phi) is 15.9. The summed E-state index contributed by atoms with van der Waals surface area (Å²) in [6, 6.07) is 17.2. The quantitative estimate of drug-likeness (QED) is 0.152. The number of carbonyl (C=O) groups excluding carboxylic acids is 2. The van der Waals surface area contributed by atoms with E-state index < -0.39 is 6.04 Å². The molecule has 0 aliphatic heterocycles. The van der Waals surface area contributed by atoms with Crippen LogP contribution in [0.4, 0.5) is 0 Å². The normalized spacial score (nSPS) is 11.7. The average molecular weight is 511 g/mol. The second kappa shape index (κ2) is 19.3. The first kappa shape index (κ1) is 30.4. The van der Waals surface area contributed by atoms with Crippen LogP contribution >= 0.6 is 0 Å². The zero-order valence-electron chi connectivity index (χ0n) is 22.1. The first-order valence-electron chi connectivity index (χ1n) is 13.7. The van der Waals surface area contributed by atoms with Crippen LogP contribution in [0.1, 0.15) is 55.3 Å². The second-order valence-corrected chi connectivity index (χ2v) is 9.30. The Labute approximate surface area is 222 Å². The molecule has 8 nitrogen and oxygen atoms in total. The van der Waals surface area contributed by atoms with E-state index in [-0.39, 0.29) is 11.8 Å². The van der Waals surface area contributed by atoms with Crippen LogP contribution in [0.25, 0.3) is 11.1 Å². The number of amides is 2. The minimum absolute atomic E-state index is 0.0885. The smallest absolute Gasteiger partial charge is 0.251 e. The number of hydrogen-bond acceptors (Lipinski definition) is 6. The van der Waals surface area contributed by atoms with Crippen molar-refractivity contribution >= 4 is 11.8 Å². The Morgan fingerprint density at radius 1 is 0.649 bits per heavy atom. The molecule has 2 aromatic carbocycles. The van der Waals surface area contributed by atoms with E-state index >= 15 is 0 Å². The molecule has 37 heavy (non-hydrogen) atoms. The summed E-state index contributed by atoms with van der Waals surface area (Å²) in [4.78, 5) is 24.6. The molecule has 2 aromatic rings. The highest BCUT2D eigenvalue weighted by Crippen LogP contribution is 2.19. The zero-order valence-corrected chi connectivity index (χ0v) is 22.1. The molecule has 1 atom stereocenters. The molecule has 204 valence electrons. The van der Waals surface area contributed by atoms with Crippen molar-refractivity contribution in [2.24, 2.45) is 11.5 Å². The third-order valence-corrected chi connectivity index (χ3v) is 6.16. The van der Waals surface area contributed by atoms with Crippen molar-refractivity contribution in [3.63, 3.8) is 0 Å². The van der Waals surface area contributed by atoms with Gasteiger partial charge in [-0.25, -0.2) is 0 Å². The van der Waals surface area contributed by atoms with Gasteiger partial charge in [0.15, 0.2) is 0 Å². The minimum Gasteiger partial charge on any atom is -0.355 e. The van der Waals surface area contributed by atoms with Gasteiger partial charge in [0, 0.05) is 18.7 Å². The lowest BCUT2D eigenvalue weighted by molar-refractivity contribution is -0.122. The maximum Gasteiger partial charge on any atom is 0.251 e. The Bertz CT molecular complexity index is 876. The number of rotatable bonds is 20. The van der Waals surface area contributed by atoms with Crippen LogP contribution in [-0.4, -0.2) is 63.7 Å². The minimum atomic E-state index is -0.513. The van der Waals surface area contributed by atoms with Gasteiger partial charge in [-0.15, -0.1) is 0 Å². The van der Waals surface area contributed by atoms with Gasteiger partial charge in [0.05, 0.1) is 6.04 Å². The van der Waals surface area contributed by atoms with E-state index in [1.807, 2.05) is 54.6 Å². The summed E-state index contributed by atoms with van der Waals surface area (Å²) in [7, 11) is 0. The molecule has 2 amide bonds. The highest BCUT2D eigenvalue weighted by Gasteiger charge is 2.12. The number of nitrogens with one attached hydrogen (secondary N) is 4. The molecule has 8 heteroatoms. The maximum atomic E-state index is 12.4. The monoisotopic (exact) mass is 510 g/mol. The first-order chi connectivity index (χ1) is 18.1. The van der Waals surface area contributed by atoms with Crippen LogP contribution in [0.3, 0.4) is 0 Å². The van der Waals surface area contributed by atoms with Crippen molar-refractivity contribution in [2.75, 3.05) is 45.8 Å². The van der Waals surface area contributed by atoms with Gasteiger partial charge >= 0.3 is 0 Å². The lowest BCUT2D eigenvalue weighted by Crippen LogP contribution is -2.41. The zero-order chi connectivity index (χ0) is 26.6. The molecular formula is C29H46N6O2. The van der Waals surface area contributed by atoms with E-state index in [0.717, 1.165) is 82.4 Å². The first-order valence-corrected chi connectivity index (χ1v) is 13.7. The summed E-state index contributed by atoms with van der Waals surface area (Å²) in [6.45, 7) is 5.81. The summed E-state index contributed by atoms with van der Waals surface area (Å²) < 4.78 is 0. The summed E-state index contributed by atoms with van der Waals surface area (Å²) in [5.74, 6) is -0.194. The Morgan fingerprint density at radius 2 is 1.22 bits per heavy atom. The van der Waals surface area contributed by atoms with Crippen molar-refractivity contribution in [3.05, 3.63) is 60.2 Å². The predicted octanol–water partition coefficient (Wildman–Crippen LogP) is 2.40. The SMILES string of the molecule is NCCCNCCCCNCCCNC(=O)[C@@H](N)CCCCNC(=O)c1ccc(-c2ccccc2)cc1. The van der Waals surface area contributed by atoms with Gasteiger partial charge in [-0.3, -0.25) is 9.59 Å². The lowest BCUT2D eigenvalue weighted by atomic mass is 10.0. The number of carbonyl (C=O) groups is 2. The lowest BCUT2D eigenvalue weighted by Gasteiger charge is -2.13. The summed E-state index contributed by atoms with van der Waals surface area (Å²) in [5.41, 5.74) is 14.3. The van der Waals surface area contributed by atoms with Crippen LogP contribution < -0.4 is 32.7 Å². The molecule has 2 rings (SSSR count). The van der Waals surface area contributed by atoms with E-state index in [4.69, 9.17) is 11.5 Å². The highest BCUT2D eigenvalue weighted by molar-refractivity contribution is 5.94. The molecule has 0 aromatic heterocycles. The summed E-state index contributed by atoms with van der Waals surface area (Å²) in [5, 5.41) is 12.6. The molecule has 0 saturated carbocycles. The summed E-state index contributed by atoms with van der Waals surface area (Å²) in [6.07, 6.45) is 6.35. The standard InChI is InChI=1S/C29H46N6O2/c30-17-8-20-32-18-6-7-19-33-21-9-23-35-29(37)27(31)12-4-5-22-34-28(36)26-15-13-25(14-16-26)24-10-2-1-3-11-24/h1-3,10-11,13-16,27,32-33H,4-9,12,17-23,30-31H2,(H,34,36)(H,35,37)/t27-/m0/s1. The third kappa shape index (κ3) is 13.4. The molecule has 0 radical (unpaired) electrons. The number of nitrogens with two attached hydrogens (primary N) is 2. The second-order valence-electron chi connectivity index (χ2n) is 9.30. The van der Waals surface area contributed by atoms with Crippen molar-refractivity contribution in [1.29, 1.82) is 0 Å². The van der Waals surface area contributed by atoms with Crippen LogP contribution in [0.15, 0.2) is 54.6 Å². The molecular weight excluding hydrogens is 464 g/mol. The van der Waals surface area contributed by atoms with E-state index in [9.17, 15) is 9.59 Å². The molecule has 0 spiro atoms. The van der Waals surface area contributed by atoms with Crippen LogP contribution in [0.5, 0.6) is 0 Å². The third-order valence-electron chi connectivity index (χ3n) is 6.16. The van der Waals surface area contributed by atoms with Crippen LogP contribution in [0, 0.1) is 0 Å². The Balaban J connectivity index is 1.45. The van der Waals surface area contributed by atoms with E-state index in [0.29, 0.717) is 25.1 Å². The van der Waals surface area contributed by atoms with Gasteiger partial charge in [0.25, 0.3) is 5.91 Å². The van der Waals surface area contributed by atoms with Gasteiger partial charge in [-0.1, -0.05) is 42.5 Å².